The van der Waals surface area contributed by atoms with Gasteiger partial charge in [-0.3, -0.25) is 9.59 Å². The van der Waals surface area contributed by atoms with Crippen molar-refractivity contribution in [3.8, 4) is 0 Å². The van der Waals surface area contributed by atoms with Crippen LogP contribution in [0.3, 0.4) is 0 Å². The van der Waals surface area contributed by atoms with Gasteiger partial charge in [-0.2, -0.15) is 0 Å². The van der Waals surface area contributed by atoms with Gasteiger partial charge in [0.2, 0.25) is 5.91 Å². The standard InChI is InChI=1S/C18H20N2O3/c1-4-12-6-8-15(23-12)17(22)19-11-5-7-14-13(9-11)18(2,3)10-16(21)20-14/h5-9H,4,10H2,1-3H3,(H,19,22)(H,20,21). The van der Waals surface area contributed by atoms with E-state index in [9.17, 15) is 9.59 Å². The van der Waals surface area contributed by atoms with Crippen LogP contribution in [0.2, 0.25) is 0 Å². The molecule has 5 nitrogen and oxygen atoms in total. The molecule has 3 rings (SSSR count). The summed E-state index contributed by atoms with van der Waals surface area (Å²) in [6.07, 6.45) is 1.18. The van der Waals surface area contributed by atoms with Gasteiger partial charge in [-0.05, 0) is 35.9 Å². The number of aryl methyl sites for hydroxylation is 1. The second-order valence-corrected chi connectivity index (χ2v) is 6.44. The summed E-state index contributed by atoms with van der Waals surface area (Å²) in [5, 5.41) is 5.72. The van der Waals surface area contributed by atoms with E-state index in [1.807, 2.05) is 32.9 Å². The number of carbonyl (C=O) groups is 2. The number of nitrogens with one attached hydrogen (secondary N) is 2. The molecule has 1 aromatic carbocycles. The monoisotopic (exact) mass is 312 g/mol. The maximum absolute atomic E-state index is 12.3. The Bertz CT molecular complexity index is 774. The summed E-state index contributed by atoms with van der Waals surface area (Å²) in [5.41, 5.74) is 2.24. The van der Waals surface area contributed by atoms with Crippen LogP contribution in [0.4, 0.5) is 11.4 Å². The SMILES string of the molecule is CCc1ccc(C(=O)Nc2ccc3c(c2)C(C)(C)CC(=O)N3)o1. The second kappa shape index (κ2) is 5.57. The lowest BCUT2D eigenvalue weighted by molar-refractivity contribution is -0.117. The van der Waals surface area contributed by atoms with E-state index < -0.39 is 0 Å². The normalized spacial score (nSPS) is 15.7. The molecule has 1 aliphatic heterocycles. The summed E-state index contributed by atoms with van der Waals surface area (Å²) >= 11 is 0. The van der Waals surface area contributed by atoms with Crippen LogP contribution in [0.1, 0.15) is 49.1 Å². The third kappa shape index (κ3) is 2.99. The number of fused-ring (bicyclic) bond motifs is 1. The predicted octanol–water partition coefficient (Wildman–Crippen LogP) is 3.71. The van der Waals surface area contributed by atoms with Crippen molar-refractivity contribution >= 4 is 23.2 Å². The van der Waals surface area contributed by atoms with Crippen LogP contribution in [0.15, 0.2) is 34.7 Å². The first-order valence-corrected chi connectivity index (χ1v) is 7.73. The molecule has 0 atom stereocenters. The molecule has 2 amide bonds. The second-order valence-electron chi connectivity index (χ2n) is 6.44. The van der Waals surface area contributed by atoms with E-state index in [1.165, 1.54) is 0 Å². The maximum atomic E-state index is 12.3. The lowest BCUT2D eigenvalue weighted by Crippen LogP contribution is -2.32. The van der Waals surface area contributed by atoms with Crippen molar-refractivity contribution in [1.29, 1.82) is 0 Å². The van der Waals surface area contributed by atoms with Gasteiger partial charge < -0.3 is 15.1 Å². The first-order chi connectivity index (χ1) is 10.9. The van der Waals surface area contributed by atoms with Crippen molar-refractivity contribution in [3.05, 3.63) is 47.4 Å². The number of hydrogen-bond acceptors (Lipinski definition) is 3. The number of furan rings is 1. The zero-order valence-electron chi connectivity index (χ0n) is 13.5. The van der Waals surface area contributed by atoms with Gasteiger partial charge >= 0.3 is 0 Å². The van der Waals surface area contributed by atoms with Crippen LogP contribution in [-0.2, 0) is 16.6 Å². The fraction of sp³-hybridized carbons (Fsp3) is 0.333. The number of hydrogen-bond donors (Lipinski definition) is 2. The maximum Gasteiger partial charge on any atom is 0.291 e. The number of anilines is 2. The van der Waals surface area contributed by atoms with Crippen LogP contribution in [-0.4, -0.2) is 11.8 Å². The van der Waals surface area contributed by atoms with Crippen molar-refractivity contribution in [2.75, 3.05) is 10.6 Å². The molecule has 2 aromatic rings. The Morgan fingerprint density at radius 1 is 1.30 bits per heavy atom. The molecule has 2 heterocycles. The van der Waals surface area contributed by atoms with Gasteiger partial charge in [0.05, 0.1) is 0 Å². The molecule has 0 unspecified atom stereocenters. The van der Waals surface area contributed by atoms with Gasteiger partial charge in [0.1, 0.15) is 5.76 Å². The summed E-state index contributed by atoms with van der Waals surface area (Å²) in [4.78, 5) is 24.0. The Labute approximate surface area is 135 Å². The highest BCUT2D eigenvalue weighted by molar-refractivity contribution is 6.03. The first kappa shape index (κ1) is 15.3. The molecular weight excluding hydrogens is 292 g/mol. The van der Waals surface area contributed by atoms with Crippen molar-refractivity contribution in [3.63, 3.8) is 0 Å². The molecule has 0 spiro atoms. The van der Waals surface area contributed by atoms with E-state index in [0.717, 1.165) is 23.4 Å². The number of carbonyl (C=O) groups excluding carboxylic acids is 2. The molecule has 23 heavy (non-hydrogen) atoms. The van der Waals surface area contributed by atoms with E-state index in [0.29, 0.717) is 17.9 Å². The molecule has 120 valence electrons. The van der Waals surface area contributed by atoms with Crippen LogP contribution in [0, 0.1) is 0 Å². The highest BCUT2D eigenvalue weighted by Crippen LogP contribution is 2.38. The highest BCUT2D eigenvalue weighted by atomic mass is 16.3. The molecular formula is C18H20N2O3. The molecule has 1 aromatic heterocycles. The number of rotatable bonds is 3. The minimum Gasteiger partial charge on any atom is -0.456 e. The number of benzene rings is 1. The van der Waals surface area contributed by atoms with Gasteiger partial charge in [-0.1, -0.05) is 20.8 Å². The van der Waals surface area contributed by atoms with Gasteiger partial charge in [0.15, 0.2) is 5.76 Å². The Kier molecular flexibility index (Phi) is 3.72. The summed E-state index contributed by atoms with van der Waals surface area (Å²) in [6, 6.07) is 9.00. The van der Waals surface area contributed by atoms with Crippen LogP contribution < -0.4 is 10.6 Å². The van der Waals surface area contributed by atoms with E-state index >= 15 is 0 Å². The number of amides is 2. The minimum absolute atomic E-state index is 0.0157. The van der Waals surface area contributed by atoms with Gasteiger partial charge in [0.25, 0.3) is 5.91 Å². The largest absolute Gasteiger partial charge is 0.456 e. The van der Waals surface area contributed by atoms with Gasteiger partial charge in [-0.15, -0.1) is 0 Å². The lowest BCUT2D eigenvalue weighted by Gasteiger charge is -2.32. The van der Waals surface area contributed by atoms with Gasteiger partial charge in [-0.25, -0.2) is 0 Å². The quantitative estimate of drug-likeness (QED) is 0.907. The Morgan fingerprint density at radius 2 is 2.09 bits per heavy atom. The summed E-state index contributed by atoms with van der Waals surface area (Å²) in [5.74, 6) is 0.820. The molecule has 0 fully saturated rings. The summed E-state index contributed by atoms with van der Waals surface area (Å²) < 4.78 is 5.47. The molecule has 0 saturated carbocycles. The fourth-order valence-corrected chi connectivity index (χ4v) is 2.86. The smallest absolute Gasteiger partial charge is 0.291 e. The molecule has 0 aliphatic carbocycles. The fourth-order valence-electron chi connectivity index (χ4n) is 2.86. The molecule has 5 heteroatoms. The molecule has 0 radical (unpaired) electrons. The molecule has 0 saturated heterocycles. The van der Waals surface area contributed by atoms with Crippen LogP contribution >= 0.6 is 0 Å². The highest BCUT2D eigenvalue weighted by Gasteiger charge is 2.32. The zero-order chi connectivity index (χ0) is 16.6. The van der Waals surface area contributed by atoms with E-state index in [4.69, 9.17) is 4.42 Å². The molecule has 1 aliphatic rings. The van der Waals surface area contributed by atoms with Crippen molar-refractivity contribution in [2.45, 2.75) is 39.0 Å². The topological polar surface area (TPSA) is 71.3 Å². The van der Waals surface area contributed by atoms with E-state index in [-0.39, 0.29) is 17.2 Å². The predicted molar refractivity (Wildman–Crippen MR) is 88.8 cm³/mol. The third-order valence-corrected chi connectivity index (χ3v) is 4.12. The average molecular weight is 312 g/mol. The van der Waals surface area contributed by atoms with Crippen molar-refractivity contribution in [2.24, 2.45) is 0 Å². The summed E-state index contributed by atoms with van der Waals surface area (Å²) in [6.45, 7) is 6.02. The third-order valence-electron chi connectivity index (χ3n) is 4.12. The van der Waals surface area contributed by atoms with Gasteiger partial charge in [0, 0.05) is 29.6 Å². The average Bonchev–Trinajstić information content (AvgIpc) is 2.96. The van der Waals surface area contributed by atoms with Crippen molar-refractivity contribution in [1.82, 2.24) is 0 Å². The molecule has 2 N–H and O–H groups in total. The Morgan fingerprint density at radius 3 is 2.78 bits per heavy atom. The van der Waals surface area contributed by atoms with E-state index in [1.54, 1.807) is 18.2 Å². The Balaban J connectivity index is 1.84. The lowest BCUT2D eigenvalue weighted by atomic mass is 9.78. The summed E-state index contributed by atoms with van der Waals surface area (Å²) in [7, 11) is 0. The molecule has 0 bridgehead atoms. The Hall–Kier alpha value is -2.56. The first-order valence-electron chi connectivity index (χ1n) is 7.73. The minimum atomic E-state index is -0.276. The van der Waals surface area contributed by atoms with Crippen LogP contribution in [0.25, 0.3) is 0 Å². The van der Waals surface area contributed by atoms with Crippen molar-refractivity contribution < 1.29 is 14.0 Å². The van der Waals surface area contributed by atoms with Crippen LogP contribution in [0.5, 0.6) is 0 Å². The van der Waals surface area contributed by atoms with E-state index in [2.05, 4.69) is 10.6 Å². The zero-order valence-corrected chi connectivity index (χ0v) is 13.5.